The van der Waals surface area contributed by atoms with Crippen LogP contribution in [0, 0.1) is 16.9 Å². The minimum atomic E-state index is -0.399. The maximum absolute atomic E-state index is 12.5. The fraction of sp³-hybridized carbons (Fsp3) is 0.375. The molecule has 2 aromatic rings. The number of rotatable bonds is 12. The molecule has 0 fully saturated rings. The van der Waals surface area contributed by atoms with Gasteiger partial charge >= 0.3 is 5.97 Å². The lowest BCUT2D eigenvalue weighted by Crippen LogP contribution is -2.41. The molecule has 0 aromatic heterocycles. The van der Waals surface area contributed by atoms with Gasteiger partial charge in [-0.1, -0.05) is 66.7 Å². The Bertz CT molecular complexity index is 933. The molecule has 0 spiro atoms. The molecular weight excluding hydrogens is 420 g/mol. The van der Waals surface area contributed by atoms with Crippen LogP contribution < -0.4 is 11.1 Å². The Kier molecular flexibility index (Phi) is 10.0. The molecule has 0 saturated carbocycles. The van der Waals surface area contributed by atoms with E-state index in [0.717, 1.165) is 21.7 Å². The summed E-state index contributed by atoms with van der Waals surface area (Å²) in [6, 6.07) is 17.9. The fourth-order valence-electron chi connectivity index (χ4n) is 3.48. The van der Waals surface area contributed by atoms with Crippen molar-refractivity contribution in [2.75, 3.05) is 13.2 Å². The average Bonchev–Trinajstić information content (AvgIpc) is 2.80. The first kappa shape index (κ1) is 25.5. The summed E-state index contributed by atoms with van der Waals surface area (Å²) in [5.41, 5.74) is 15.6. The highest BCUT2D eigenvalue weighted by molar-refractivity contribution is 5.78. The second-order valence-electron chi connectivity index (χ2n) is 7.78. The van der Waals surface area contributed by atoms with Gasteiger partial charge in [0.2, 0.25) is 11.9 Å². The molecule has 176 valence electrons. The van der Waals surface area contributed by atoms with Crippen molar-refractivity contribution in [2.24, 2.45) is 16.9 Å². The number of esters is 1. The summed E-state index contributed by atoms with van der Waals surface area (Å²) in [4.78, 5) is 24.7. The van der Waals surface area contributed by atoms with Crippen LogP contribution in [0.25, 0.3) is 11.1 Å². The van der Waals surface area contributed by atoms with E-state index >= 15 is 0 Å². The predicted molar refractivity (Wildman–Crippen MR) is 126 cm³/mol. The first-order chi connectivity index (χ1) is 15.8. The Balaban J connectivity index is 2.08. The molecule has 33 heavy (non-hydrogen) atoms. The molecule has 5 N–H and O–H groups in total. The van der Waals surface area contributed by atoms with Gasteiger partial charge in [0, 0.05) is 12.5 Å². The predicted octanol–water partition coefficient (Wildman–Crippen LogP) is 3.50. The van der Waals surface area contributed by atoms with Gasteiger partial charge in [-0.3, -0.25) is 15.0 Å². The number of ether oxygens (including phenoxy) is 1. The van der Waals surface area contributed by atoms with Crippen molar-refractivity contribution in [3.63, 3.8) is 0 Å². The zero-order valence-corrected chi connectivity index (χ0v) is 19.1. The van der Waals surface area contributed by atoms with Gasteiger partial charge in [-0.25, -0.2) is 5.01 Å². The molecule has 0 heterocycles. The number of hydrogen-bond donors (Lipinski definition) is 4. The summed E-state index contributed by atoms with van der Waals surface area (Å²) < 4.78 is 5.12. The minimum Gasteiger partial charge on any atom is -0.466 e. The van der Waals surface area contributed by atoms with Gasteiger partial charge in [-0.05, 0) is 36.5 Å². The minimum absolute atomic E-state index is 0.0131. The molecule has 2 atom stereocenters. The topological polar surface area (TPSA) is 145 Å². The van der Waals surface area contributed by atoms with Gasteiger partial charge in [-0.15, -0.1) is 0 Å². The molecular formula is C24H32N6O3. The van der Waals surface area contributed by atoms with Gasteiger partial charge in [0.1, 0.15) is 0 Å². The zero-order chi connectivity index (χ0) is 24.2. The normalized spacial score (nSPS) is 12.3. The van der Waals surface area contributed by atoms with Crippen LogP contribution >= 0.6 is 0 Å². The third-order valence-electron chi connectivity index (χ3n) is 5.18. The molecule has 0 aliphatic heterocycles. The SMILES string of the molecule is CCOC(=O)C(C)C[C@@H](Cc1ccc(-c2ccccc2)cc1)NC(=O)CCN(N=N)C(=N)N. The molecule has 0 bridgehead atoms. The second-order valence-corrected chi connectivity index (χ2v) is 7.78. The maximum atomic E-state index is 12.5. The zero-order valence-electron chi connectivity index (χ0n) is 19.1. The highest BCUT2D eigenvalue weighted by atomic mass is 16.5. The Morgan fingerprint density at radius 3 is 2.33 bits per heavy atom. The molecule has 9 heteroatoms. The second kappa shape index (κ2) is 12.9. The lowest BCUT2D eigenvalue weighted by Gasteiger charge is -2.22. The number of nitrogens with two attached hydrogens (primary N) is 1. The summed E-state index contributed by atoms with van der Waals surface area (Å²) in [5, 5.41) is 14.4. The van der Waals surface area contributed by atoms with Crippen molar-refractivity contribution < 1.29 is 14.3 Å². The van der Waals surface area contributed by atoms with E-state index in [-0.39, 0.29) is 36.8 Å². The van der Waals surface area contributed by atoms with E-state index in [0.29, 0.717) is 19.4 Å². The van der Waals surface area contributed by atoms with E-state index in [9.17, 15) is 9.59 Å². The van der Waals surface area contributed by atoms with Crippen LogP contribution in [0.5, 0.6) is 0 Å². The number of nitrogens with zero attached hydrogens (tertiary/aromatic N) is 2. The van der Waals surface area contributed by atoms with Crippen molar-refractivity contribution in [2.45, 2.75) is 39.2 Å². The number of benzene rings is 2. The maximum Gasteiger partial charge on any atom is 0.308 e. The molecule has 0 aliphatic rings. The van der Waals surface area contributed by atoms with Crippen LogP contribution in [0.1, 0.15) is 32.3 Å². The van der Waals surface area contributed by atoms with Gasteiger partial charge in [0.05, 0.1) is 19.1 Å². The van der Waals surface area contributed by atoms with E-state index in [2.05, 4.69) is 10.5 Å². The summed E-state index contributed by atoms with van der Waals surface area (Å²) in [6.07, 6.45) is 0.979. The molecule has 0 aliphatic carbocycles. The van der Waals surface area contributed by atoms with Crippen LogP contribution in [-0.2, 0) is 20.7 Å². The fourth-order valence-corrected chi connectivity index (χ4v) is 3.48. The Labute approximate surface area is 194 Å². The highest BCUT2D eigenvalue weighted by Gasteiger charge is 2.22. The Hall–Kier alpha value is -3.75. The molecule has 0 radical (unpaired) electrons. The number of carbonyl (C=O) groups excluding carboxylic acids is 2. The summed E-state index contributed by atoms with van der Waals surface area (Å²) >= 11 is 0. The van der Waals surface area contributed by atoms with Crippen LogP contribution in [0.3, 0.4) is 0 Å². The molecule has 2 rings (SSSR count). The van der Waals surface area contributed by atoms with Crippen molar-refractivity contribution in [3.8, 4) is 11.1 Å². The Morgan fingerprint density at radius 1 is 1.12 bits per heavy atom. The first-order valence-electron chi connectivity index (χ1n) is 10.9. The molecule has 1 unspecified atom stereocenters. The van der Waals surface area contributed by atoms with Gasteiger partial charge < -0.3 is 15.8 Å². The summed E-state index contributed by atoms with van der Waals surface area (Å²) in [7, 11) is 0. The highest BCUT2D eigenvalue weighted by Crippen LogP contribution is 2.21. The smallest absolute Gasteiger partial charge is 0.308 e. The number of guanidine groups is 1. The van der Waals surface area contributed by atoms with Crippen molar-refractivity contribution >= 4 is 17.8 Å². The number of carbonyl (C=O) groups is 2. The van der Waals surface area contributed by atoms with Crippen LogP contribution in [0.4, 0.5) is 0 Å². The van der Waals surface area contributed by atoms with E-state index < -0.39 is 5.96 Å². The van der Waals surface area contributed by atoms with Gasteiger partial charge in [0.25, 0.3) is 0 Å². The van der Waals surface area contributed by atoms with Crippen molar-refractivity contribution in [1.82, 2.24) is 10.3 Å². The van der Waals surface area contributed by atoms with Crippen molar-refractivity contribution in [1.29, 1.82) is 10.9 Å². The molecule has 2 aromatic carbocycles. The molecule has 0 saturated heterocycles. The summed E-state index contributed by atoms with van der Waals surface area (Å²) in [5.74, 6) is -1.35. The lowest BCUT2D eigenvalue weighted by atomic mass is 9.94. The lowest BCUT2D eigenvalue weighted by molar-refractivity contribution is -0.148. The third-order valence-corrected chi connectivity index (χ3v) is 5.18. The molecule has 9 nitrogen and oxygen atoms in total. The van der Waals surface area contributed by atoms with Crippen LogP contribution in [-0.4, -0.2) is 42.0 Å². The largest absolute Gasteiger partial charge is 0.466 e. The van der Waals surface area contributed by atoms with E-state index in [1.807, 2.05) is 54.6 Å². The molecule has 1 amide bonds. The summed E-state index contributed by atoms with van der Waals surface area (Å²) in [6.45, 7) is 3.87. The van der Waals surface area contributed by atoms with Crippen LogP contribution in [0.2, 0.25) is 0 Å². The number of amides is 1. The van der Waals surface area contributed by atoms with E-state index in [1.54, 1.807) is 13.8 Å². The standard InChI is InChI=1S/C24H32N6O3/c1-3-33-23(32)17(2)15-21(28-22(31)13-14-30(29-27)24(25)26)16-18-9-11-20(12-10-18)19-7-5-4-6-8-19/h4-12,17,21,27H,3,13-16H2,1-2H3,(H3,25,26)(H,28,31)/t17?,21-/m0/s1. The monoisotopic (exact) mass is 452 g/mol. The Morgan fingerprint density at radius 2 is 1.76 bits per heavy atom. The third kappa shape index (κ3) is 8.36. The number of nitrogens with one attached hydrogen (secondary N) is 3. The van der Waals surface area contributed by atoms with Gasteiger partial charge in [-0.2, -0.15) is 5.53 Å². The van der Waals surface area contributed by atoms with Gasteiger partial charge in [0.15, 0.2) is 0 Å². The van der Waals surface area contributed by atoms with Crippen LogP contribution in [0.15, 0.2) is 59.8 Å². The quantitative estimate of drug-likeness (QED) is 0.128. The first-order valence-corrected chi connectivity index (χ1v) is 10.9. The number of hydrogen-bond acceptors (Lipinski definition) is 6. The average molecular weight is 453 g/mol. The van der Waals surface area contributed by atoms with E-state index in [1.165, 1.54) is 0 Å². The van der Waals surface area contributed by atoms with E-state index in [4.69, 9.17) is 21.4 Å². The van der Waals surface area contributed by atoms with Crippen molar-refractivity contribution in [3.05, 3.63) is 60.2 Å².